The molecule has 0 bridgehead atoms. The highest BCUT2D eigenvalue weighted by Gasteiger charge is 2.18. The molecule has 0 saturated heterocycles. The summed E-state index contributed by atoms with van der Waals surface area (Å²) in [6, 6.07) is 19.0. The highest BCUT2D eigenvalue weighted by Crippen LogP contribution is 2.33. The van der Waals surface area contributed by atoms with Gasteiger partial charge in [0.05, 0.1) is 43.5 Å². The Hall–Kier alpha value is -4.26. The van der Waals surface area contributed by atoms with Gasteiger partial charge in [0, 0.05) is 6.54 Å². The molecule has 4 aromatic rings. The molecule has 0 unspecified atom stereocenters. The fourth-order valence-electron chi connectivity index (χ4n) is 3.62. The fraction of sp³-hybridized carbons (Fsp3) is 0.154. The number of ether oxygens (including phenoxy) is 3. The number of methoxy groups -OCH3 is 3. The van der Waals surface area contributed by atoms with Gasteiger partial charge >= 0.3 is 0 Å². The van der Waals surface area contributed by atoms with Crippen LogP contribution in [-0.2, 0) is 6.54 Å². The summed E-state index contributed by atoms with van der Waals surface area (Å²) in [7, 11) is 4.75. The molecule has 7 heteroatoms. The van der Waals surface area contributed by atoms with Crippen LogP contribution in [-0.4, -0.2) is 37.4 Å². The van der Waals surface area contributed by atoms with Gasteiger partial charge in [0.25, 0.3) is 5.91 Å². The Kier molecular flexibility index (Phi) is 6.59. The fourth-order valence-corrected chi connectivity index (χ4v) is 3.62. The van der Waals surface area contributed by atoms with E-state index < -0.39 is 0 Å². The topological polar surface area (TPSA) is 85.5 Å². The molecule has 0 fully saturated rings. The Morgan fingerprint density at radius 1 is 0.939 bits per heavy atom. The lowest BCUT2D eigenvalue weighted by atomic mass is 10.1. The summed E-state index contributed by atoms with van der Waals surface area (Å²) < 4.78 is 16.3. The molecule has 0 aliphatic carbocycles. The summed E-state index contributed by atoms with van der Waals surface area (Å²) in [5.41, 5.74) is 3.82. The van der Waals surface area contributed by atoms with Crippen molar-refractivity contribution in [3.05, 3.63) is 83.0 Å². The largest absolute Gasteiger partial charge is 0.495 e. The molecule has 0 aliphatic rings. The number of aromatic amines is 1. The number of H-pyrrole nitrogens is 1. The predicted octanol–water partition coefficient (Wildman–Crippen LogP) is 4.69. The van der Waals surface area contributed by atoms with E-state index in [1.165, 1.54) is 0 Å². The van der Waals surface area contributed by atoms with Crippen LogP contribution in [0.3, 0.4) is 0 Å². The minimum Gasteiger partial charge on any atom is -0.495 e. The van der Waals surface area contributed by atoms with Crippen LogP contribution in [0.2, 0.25) is 0 Å². The number of carbonyl (C=O) groups is 1. The molecular formula is C26H25N3O4. The Labute approximate surface area is 192 Å². The van der Waals surface area contributed by atoms with Gasteiger partial charge in [-0.15, -0.1) is 0 Å². The van der Waals surface area contributed by atoms with Crippen LogP contribution in [0.15, 0.2) is 60.7 Å². The summed E-state index contributed by atoms with van der Waals surface area (Å²) in [6.07, 6.45) is 3.79. The zero-order chi connectivity index (χ0) is 23.2. The minimum absolute atomic E-state index is 0.214. The molecule has 1 aromatic heterocycles. The molecule has 0 radical (unpaired) electrons. The molecule has 0 aliphatic heterocycles. The van der Waals surface area contributed by atoms with Crippen molar-refractivity contribution in [2.45, 2.75) is 6.54 Å². The van der Waals surface area contributed by atoms with Crippen molar-refractivity contribution in [2.75, 3.05) is 21.3 Å². The first kappa shape index (κ1) is 22.0. The number of carbonyl (C=O) groups excluding carboxylic acids is 1. The first-order chi connectivity index (χ1) is 16.1. The molecule has 0 saturated carbocycles. The standard InChI is InChI=1S/C26H25N3O4/c1-31-22-14-10-17(15-23(22)32-2)9-12-20-24-21(29-28-20)13-11-19(25(24)33-3)26(30)27-16-18-7-5-4-6-8-18/h4-15H,16H2,1-3H3,(H,27,30)(H,28,29). The highest BCUT2D eigenvalue weighted by molar-refractivity contribution is 6.05. The Bertz CT molecular complexity index is 1300. The number of rotatable bonds is 8. The van der Waals surface area contributed by atoms with Crippen molar-refractivity contribution in [3.63, 3.8) is 0 Å². The van der Waals surface area contributed by atoms with Crippen LogP contribution in [0.4, 0.5) is 0 Å². The van der Waals surface area contributed by atoms with E-state index >= 15 is 0 Å². The van der Waals surface area contributed by atoms with Crippen LogP contribution in [0.25, 0.3) is 23.1 Å². The van der Waals surface area contributed by atoms with Crippen LogP contribution < -0.4 is 19.5 Å². The maximum atomic E-state index is 12.9. The molecule has 0 atom stereocenters. The van der Waals surface area contributed by atoms with E-state index in [1.807, 2.05) is 66.7 Å². The van der Waals surface area contributed by atoms with Crippen LogP contribution in [0.5, 0.6) is 17.2 Å². The number of nitrogens with zero attached hydrogens (tertiary/aromatic N) is 1. The Morgan fingerprint density at radius 2 is 1.73 bits per heavy atom. The summed E-state index contributed by atoms with van der Waals surface area (Å²) in [5, 5.41) is 11.1. The SMILES string of the molecule is COc1ccc(C=Cc2n[nH]c3ccc(C(=O)NCc4ccccc4)c(OC)c23)cc1OC. The second-order valence-electron chi connectivity index (χ2n) is 7.29. The molecule has 33 heavy (non-hydrogen) atoms. The zero-order valence-corrected chi connectivity index (χ0v) is 18.7. The van der Waals surface area contributed by atoms with Gasteiger partial charge in [-0.25, -0.2) is 0 Å². The smallest absolute Gasteiger partial charge is 0.255 e. The van der Waals surface area contributed by atoms with Crippen molar-refractivity contribution in [1.82, 2.24) is 15.5 Å². The number of hydrogen-bond donors (Lipinski definition) is 2. The minimum atomic E-state index is -0.214. The molecule has 4 rings (SSSR count). The molecule has 7 nitrogen and oxygen atoms in total. The van der Waals surface area contributed by atoms with Gasteiger partial charge < -0.3 is 19.5 Å². The quantitative estimate of drug-likeness (QED) is 0.413. The first-order valence-corrected chi connectivity index (χ1v) is 10.4. The number of nitrogens with one attached hydrogen (secondary N) is 2. The molecular weight excluding hydrogens is 418 g/mol. The Balaban J connectivity index is 1.64. The third kappa shape index (κ3) is 4.67. The average Bonchev–Trinajstić information content (AvgIpc) is 3.29. The maximum Gasteiger partial charge on any atom is 0.255 e. The number of amides is 1. The molecule has 0 spiro atoms. The van der Waals surface area contributed by atoms with Gasteiger partial charge in [0.2, 0.25) is 0 Å². The summed E-state index contributed by atoms with van der Waals surface area (Å²) in [5.74, 6) is 1.56. The van der Waals surface area contributed by atoms with Gasteiger partial charge in [-0.3, -0.25) is 9.89 Å². The zero-order valence-electron chi connectivity index (χ0n) is 18.7. The van der Waals surface area contributed by atoms with Gasteiger partial charge in [-0.1, -0.05) is 42.5 Å². The third-order valence-corrected chi connectivity index (χ3v) is 5.30. The number of fused-ring (bicyclic) bond motifs is 1. The van der Waals surface area contributed by atoms with E-state index in [1.54, 1.807) is 27.4 Å². The van der Waals surface area contributed by atoms with Gasteiger partial charge in [0.15, 0.2) is 11.5 Å². The number of hydrogen-bond acceptors (Lipinski definition) is 5. The predicted molar refractivity (Wildman–Crippen MR) is 129 cm³/mol. The summed E-state index contributed by atoms with van der Waals surface area (Å²) in [4.78, 5) is 12.9. The highest BCUT2D eigenvalue weighted by atomic mass is 16.5. The van der Waals surface area contributed by atoms with Crippen molar-refractivity contribution in [1.29, 1.82) is 0 Å². The normalized spacial score (nSPS) is 11.0. The van der Waals surface area contributed by atoms with Gasteiger partial charge in [-0.2, -0.15) is 5.10 Å². The molecule has 168 valence electrons. The van der Waals surface area contributed by atoms with E-state index in [9.17, 15) is 4.79 Å². The monoisotopic (exact) mass is 443 g/mol. The Morgan fingerprint density at radius 3 is 2.45 bits per heavy atom. The van der Waals surface area contributed by atoms with Crippen molar-refractivity contribution in [3.8, 4) is 17.2 Å². The summed E-state index contributed by atoms with van der Waals surface area (Å²) in [6.45, 7) is 0.429. The number of benzene rings is 3. The van der Waals surface area contributed by atoms with E-state index in [2.05, 4.69) is 15.5 Å². The lowest BCUT2D eigenvalue weighted by Crippen LogP contribution is -2.23. The van der Waals surface area contributed by atoms with Crippen LogP contribution in [0, 0.1) is 0 Å². The molecule has 3 aromatic carbocycles. The van der Waals surface area contributed by atoms with Crippen molar-refractivity contribution in [2.24, 2.45) is 0 Å². The van der Waals surface area contributed by atoms with E-state index in [-0.39, 0.29) is 5.91 Å². The van der Waals surface area contributed by atoms with E-state index in [0.29, 0.717) is 35.1 Å². The molecule has 1 amide bonds. The lowest BCUT2D eigenvalue weighted by Gasteiger charge is -2.11. The number of aromatic nitrogens is 2. The second kappa shape index (κ2) is 9.91. The lowest BCUT2D eigenvalue weighted by molar-refractivity contribution is 0.0948. The second-order valence-corrected chi connectivity index (χ2v) is 7.29. The van der Waals surface area contributed by atoms with E-state index in [0.717, 1.165) is 22.0 Å². The van der Waals surface area contributed by atoms with Gasteiger partial charge in [0.1, 0.15) is 5.75 Å². The van der Waals surface area contributed by atoms with Crippen LogP contribution in [0.1, 0.15) is 27.2 Å². The van der Waals surface area contributed by atoms with Crippen molar-refractivity contribution < 1.29 is 19.0 Å². The van der Waals surface area contributed by atoms with Crippen molar-refractivity contribution >= 4 is 29.0 Å². The van der Waals surface area contributed by atoms with Crippen LogP contribution >= 0.6 is 0 Å². The maximum absolute atomic E-state index is 12.9. The van der Waals surface area contributed by atoms with Gasteiger partial charge in [-0.05, 0) is 41.5 Å². The molecule has 1 heterocycles. The summed E-state index contributed by atoms with van der Waals surface area (Å²) >= 11 is 0. The van der Waals surface area contributed by atoms with E-state index in [4.69, 9.17) is 14.2 Å². The first-order valence-electron chi connectivity index (χ1n) is 10.4. The molecule has 2 N–H and O–H groups in total. The third-order valence-electron chi connectivity index (χ3n) is 5.30. The average molecular weight is 444 g/mol.